The van der Waals surface area contributed by atoms with Crippen molar-refractivity contribution in [2.24, 2.45) is 0 Å². The summed E-state index contributed by atoms with van der Waals surface area (Å²) >= 11 is 0. The van der Waals surface area contributed by atoms with Crippen LogP contribution in [-0.2, 0) is 22.6 Å². The first-order valence-electron chi connectivity index (χ1n) is 16.3. The fourth-order valence-corrected chi connectivity index (χ4v) is 5.42. The topological polar surface area (TPSA) is 91.9 Å². The highest BCUT2D eigenvalue weighted by atomic mass is 16.5. The largest absolute Gasteiger partial charge is 0.497 e. The van der Waals surface area contributed by atoms with E-state index in [1.165, 1.54) is 0 Å². The second-order valence-corrected chi connectivity index (χ2v) is 11.5. The van der Waals surface area contributed by atoms with Crippen molar-refractivity contribution in [1.29, 1.82) is 0 Å². The van der Waals surface area contributed by atoms with Gasteiger partial charge in [0, 0.05) is 25.2 Å². The van der Waals surface area contributed by atoms with E-state index in [1.807, 2.05) is 98.1 Å². The molecule has 0 unspecified atom stereocenters. The Morgan fingerprint density at radius 1 is 0.913 bits per heavy atom. The maximum absolute atomic E-state index is 13.9. The third-order valence-corrected chi connectivity index (χ3v) is 7.94. The van der Waals surface area contributed by atoms with Crippen molar-refractivity contribution in [3.63, 3.8) is 0 Å². The summed E-state index contributed by atoms with van der Waals surface area (Å²) in [5, 5.41) is 9.88. The monoisotopic (exact) mass is 624 g/mol. The smallest absolute Gasteiger partial charge is 0.246 e. The number of allylic oxidation sites excluding steroid dienone is 2. The zero-order valence-electron chi connectivity index (χ0n) is 27.3. The van der Waals surface area contributed by atoms with Crippen molar-refractivity contribution < 1.29 is 19.1 Å². The highest BCUT2D eigenvalue weighted by molar-refractivity contribution is 5.97. The van der Waals surface area contributed by atoms with Gasteiger partial charge in [0.15, 0.2) is 0 Å². The van der Waals surface area contributed by atoms with Gasteiger partial charge in [0.2, 0.25) is 11.8 Å². The van der Waals surface area contributed by atoms with Crippen LogP contribution in [0.4, 0.5) is 0 Å². The Bertz CT molecular complexity index is 1420. The van der Waals surface area contributed by atoms with Gasteiger partial charge in [-0.05, 0) is 92.9 Å². The van der Waals surface area contributed by atoms with Crippen molar-refractivity contribution in [3.05, 3.63) is 114 Å². The molecule has 0 aromatic heterocycles. The average Bonchev–Trinajstić information content (AvgIpc) is 3.08. The van der Waals surface area contributed by atoms with E-state index in [4.69, 9.17) is 9.47 Å². The molecule has 3 aromatic carbocycles. The van der Waals surface area contributed by atoms with E-state index in [0.717, 1.165) is 67.1 Å². The molecule has 0 spiro atoms. The molecule has 244 valence electrons. The van der Waals surface area contributed by atoms with Crippen LogP contribution < -0.4 is 25.4 Å². The quantitative estimate of drug-likeness (QED) is 0.140. The minimum absolute atomic E-state index is 0.0658. The molecule has 8 nitrogen and oxygen atoms in total. The molecule has 46 heavy (non-hydrogen) atoms. The fraction of sp³-hybridized carbons (Fsp3) is 0.368. The number of hydrogen-bond donors (Lipinski definition) is 3. The number of nitrogens with one attached hydrogen (secondary N) is 3. The summed E-state index contributed by atoms with van der Waals surface area (Å²) in [6.45, 7) is 6.09. The number of methoxy groups -OCH3 is 1. The lowest BCUT2D eigenvalue weighted by Crippen LogP contribution is -2.63. The second-order valence-electron chi connectivity index (χ2n) is 11.5. The first-order valence-corrected chi connectivity index (χ1v) is 16.3. The molecule has 3 aromatic rings. The van der Waals surface area contributed by atoms with Crippen LogP contribution in [0.15, 0.2) is 103 Å². The van der Waals surface area contributed by atoms with E-state index >= 15 is 0 Å². The summed E-state index contributed by atoms with van der Waals surface area (Å²) in [6, 6.07) is 23.8. The van der Waals surface area contributed by atoms with Gasteiger partial charge >= 0.3 is 0 Å². The third kappa shape index (κ3) is 10.5. The normalized spacial score (nSPS) is 16.8. The van der Waals surface area contributed by atoms with E-state index in [0.29, 0.717) is 25.1 Å². The molecule has 3 N–H and O–H groups in total. The number of amides is 2. The number of ether oxygens (including phenoxy) is 2. The third-order valence-electron chi connectivity index (χ3n) is 7.94. The molecule has 1 heterocycles. The Balaban J connectivity index is 1.40. The van der Waals surface area contributed by atoms with Gasteiger partial charge in [-0.25, -0.2) is 0 Å². The summed E-state index contributed by atoms with van der Waals surface area (Å²) < 4.78 is 11.2. The van der Waals surface area contributed by atoms with Gasteiger partial charge in [-0.3, -0.25) is 9.59 Å². The van der Waals surface area contributed by atoms with Gasteiger partial charge in [-0.2, -0.15) is 0 Å². The molecule has 0 radical (unpaired) electrons. The number of para-hydroxylation sites is 1. The predicted octanol–water partition coefficient (Wildman–Crippen LogP) is 6.49. The Morgan fingerprint density at radius 2 is 1.61 bits per heavy atom. The molecular formula is C38H48N4O4. The van der Waals surface area contributed by atoms with Crippen molar-refractivity contribution >= 4 is 11.8 Å². The standard InChI is InChI=1S/C38H48N4O4/c1-4-6-12-31(40-24-5-2)27-39-25-11-10-15-36-37(43)41-35(26-29-16-20-32(45-3)21-17-29)38(44)42(36)28-30-18-22-34(23-19-30)46-33-13-8-7-9-14-33/h5,7-9,12-14,16-24,35-36,39-40H,4,6,10-11,15,25-28H2,1-3H3,(H,41,43)/b24-5-,31-12+/t35-,36-/m0/s1. The predicted molar refractivity (Wildman–Crippen MR) is 184 cm³/mol. The first kappa shape index (κ1) is 34.3. The zero-order chi connectivity index (χ0) is 32.6. The lowest BCUT2D eigenvalue weighted by molar-refractivity contribution is -0.150. The van der Waals surface area contributed by atoms with Crippen molar-refractivity contribution in [3.8, 4) is 17.2 Å². The van der Waals surface area contributed by atoms with E-state index in [9.17, 15) is 9.59 Å². The Labute approximate surface area is 273 Å². The molecule has 0 aliphatic carbocycles. The molecule has 2 atom stereocenters. The number of piperazine rings is 1. The van der Waals surface area contributed by atoms with Crippen molar-refractivity contribution in [2.45, 2.75) is 71.0 Å². The van der Waals surface area contributed by atoms with E-state index in [-0.39, 0.29) is 11.8 Å². The molecule has 8 heteroatoms. The minimum atomic E-state index is -0.627. The second kappa shape index (κ2) is 18.4. The number of carbonyl (C=O) groups is 2. The Hall–Kier alpha value is -4.56. The van der Waals surface area contributed by atoms with Gasteiger partial charge < -0.3 is 30.3 Å². The zero-order valence-corrected chi connectivity index (χ0v) is 27.3. The van der Waals surface area contributed by atoms with Crippen LogP contribution in [0.3, 0.4) is 0 Å². The van der Waals surface area contributed by atoms with Gasteiger partial charge in [-0.1, -0.05) is 68.0 Å². The summed E-state index contributed by atoms with van der Waals surface area (Å²) in [5.74, 6) is 2.06. The summed E-state index contributed by atoms with van der Waals surface area (Å²) in [6.07, 6.45) is 11.0. The van der Waals surface area contributed by atoms with Crippen LogP contribution >= 0.6 is 0 Å². The number of benzene rings is 3. The van der Waals surface area contributed by atoms with Crippen LogP contribution in [0.5, 0.6) is 17.2 Å². The van der Waals surface area contributed by atoms with Gasteiger partial charge in [0.1, 0.15) is 29.3 Å². The van der Waals surface area contributed by atoms with E-state index in [2.05, 4.69) is 29.0 Å². The molecule has 4 rings (SSSR count). The lowest BCUT2D eigenvalue weighted by Gasteiger charge is -2.39. The fourth-order valence-electron chi connectivity index (χ4n) is 5.42. The summed E-state index contributed by atoms with van der Waals surface area (Å²) in [7, 11) is 1.62. The number of nitrogens with zero attached hydrogens (tertiary/aromatic N) is 1. The highest BCUT2D eigenvalue weighted by Gasteiger charge is 2.40. The Morgan fingerprint density at radius 3 is 2.30 bits per heavy atom. The maximum Gasteiger partial charge on any atom is 0.246 e. The van der Waals surface area contributed by atoms with Gasteiger partial charge in [0.25, 0.3) is 0 Å². The van der Waals surface area contributed by atoms with Crippen LogP contribution in [0.1, 0.15) is 57.1 Å². The molecule has 2 amide bonds. The van der Waals surface area contributed by atoms with Crippen LogP contribution in [0, 0.1) is 0 Å². The van der Waals surface area contributed by atoms with Crippen LogP contribution in [0.2, 0.25) is 0 Å². The highest BCUT2D eigenvalue weighted by Crippen LogP contribution is 2.25. The molecular weight excluding hydrogens is 576 g/mol. The molecule has 1 saturated heterocycles. The SMILES string of the molecule is C/C=C\N/C(=C/CCC)CNCCCC[C@H]1C(=O)N[C@@H](Cc2ccc(OC)cc2)C(=O)N1Cc1ccc(Oc2ccccc2)cc1. The molecule has 1 aliphatic rings. The van der Waals surface area contributed by atoms with Crippen LogP contribution in [-0.4, -0.2) is 49.0 Å². The average molecular weight is 625 g/mol. The maximum atomic E-state index is 13.9. The number of carbonyl (C=O) groups excluding carboxylic acids is 2. The molecule has 1 aliphatic heterocycles. The lowest BCUT2D eigenvalue weighted by atomic mass is 9.96. The summed E-state index contributed by atoms with van der Waals surface area (Å²) in [5.41, 5.74) is 3.06. The van der Waals surface area contributed by atoms with E-state index < -0.39 is 12.1 Å². The Kier molecular flexibility index (Phi) is 13.7. The molecule has 1 fully saturated rings. The van der Waals surface area contributed by atoms with Gasteiger partial charge in [0.05, 0.1) is 7.11 Å². The molecule has 0 saturated carbocycles. The number of hydrogen-bond acceptors (Lipinski definition) is 6. The van der Waals surface area contributed by atoms with Crippen molar-refractivity contribution in [1.82, 2.24) is 20.9 Å². The summed E-state index contributed by atoms with van der Waals surface area (Å²) in [4.78, 5) is 29.2. The van der Waals surface area contributed by atoms with Crippen molar-refractivity contribution in [2.75, 3.05) is 20.2 Å². The van der Waals surface area contributed by atoms with E-state index in [1.54, 1.807) is 12.0 Å². The van der Waals surface area contributed by atoms with Gasteiger partial charge in [-0.15, -0.1) is 0 Å². The van der Waals surface area contributed by atoms with Crippen LogP contribution in [0.25, 0.3) is 0 Å². The number of rotatable bonds is 18. The minimum Gasteiger partial charge on any atom is -0.497 e. The number of unbranched alkanes of at least 4 members (excludes halogenated alkanes) is 2. The molecule has 0 bridgehead atoms. The first-order chi connectivity index (χ1) is 22.5.